The van der Waals surface area contributed by atoms with Crippen LogP contribution in [-0.2, 0) is 20.0 Å². The first-order chi connectivity index (χ1) is 14.1. The second-order valence-electron chi connectivity index (χ2n) is 6.08. The minimum Gasteiger partial charge on any atom is -0.492 e. The van der Waals surface area contributed by atoms with Gasteiger partial charge in [0.15, 0.2) is 5.82 Å². The molecule has 160 valence electrons. The van der Waals surface area contributed by atoms with Crippen LogP contribution in [0.4, 0.5) is 11.5 Å². The number of nitrogens with zero attached hydrogens (tertiary/aromatic N) is 1. The van der Waals surface area contributed by atoms with E-state index >= 15 is 0 Å². The molecule has 0 aliphatic rings. The third kappa shape index (κ3) is 5.12. The zero-order valence-electron chi connectivity index (χ0n) is 15.9. The highest BCUT2D eigenvalue weighted by Crippen LogP contribution is 2.29. The van der Waals surface area contributed by atoms with Gasteiger partial charge in [0.2, 0.25) is 0 Å². The van der Waals surface area contributed by atoms with E-state index in [2.05, 4.69) is 30.5 Å². The molecule has 0 bridgehead atoms. The first kappa shape index (κ1) is 22.1. The Morgan fingerprint density at radius 3 is 2.30 bits per heavy atom. The van der Waals surface area contributed by atoms with Crippen LogP contribution in [0.1, 0.15) is 12.7 Å². The van der Waals surface area contributed by atoms with Crippen LogP contribution in [0.2, 0.25) is 0 Å². The largest absolute Gasteiger partial charge is 0.492 e. The highest BCUT2D eigenvalue weighted by atomic mass is 79.9. The Morgan fingerprint density at radius 2 is 1.70 bits per heavy atom. The molecule has 0 aliphatic heterocycles. The molecule has 0 atom stereocenters. The van der Waals surface area contributed by atoms with Crippen LogP contribution in [-0.4, -0.2) is 28.6 Å². The van der Waals surface area contributed by atoms with E-state index in [1.54, 1.807) is 26.0 Å². The van der Waals surface area contributed by atoms with Gasteiger partial charge in [-0.05, 0) is 56.3 Å². The predicted octanol–water partition coefficient (Wildman–Crippen LogP) is 3.75. The molecule has 0 fully saturated rings. The van der Waals surface area contributed by atoms with Crippen LogP contribution in [0, 0.1) is 6.92 Å². The van der Waals surface area contributed by atoms with Crippen LogP contribution in [0.3, 0.4) is 0 Å². The van der Waals surface area contributed by atoms with Crippen molar-refractivity contribution in [1.29, 1.82) is 0 Å². The maximum atomic E-state index is 12.8. The van der Waals surface area contributed by atoms with E-state index in [-0.39, 0.29) is 27.0 Å². The van der Waals surface area contributed by atoms with Crippen LogP contribution in [0.25, 0.3) is 0 Å². The standard InChI is InChI=1S/C18H18BrN3O6S2/c1-3-27-16-9-4-13(19)11-17(16)30(25,26)21-14-5-7-15(8-6-14)29(23,24)22-18-10-12(2)28-20-18/h4-11,21H,3H2,1-2H3,(H,20,22). The van der Waals surface area contributed by atoms with Crippen molar-refractivity contribution in [2.45, 2.75) is 23.6 Å². The van der Waals surface area contributed by atoms with E-state index in [1.165, 1.54) is 36.4 Å². The Labute approximate surface area is 182 Å². The van der Waals surface area contributed by atoms with Crippen LogP contribution in [0.15, 0.2) is 67.3 Å². The van der Waals surface area contributed by atoms with Gasteiger partial charge in [0.1, 0.15) is 16.4 Å². The monoisotopic (exact) mass is 515 g/mol. The Hall–Kier alpha value is -2.57. The minimum atomic E-state index is -3.98. The predicted molar refractivity (Wildman–Crippen MR) is 115 cm³/mol. The molecule has 0 saturated heterocycles. The molecule has 0 saturated carbocycles. The van der Waals surface area contributed by atoms with E-state index in [9.17, 15) is 16.8 Å². The summed E-state index contributed by atoms with van der Waals surface area (Å²) in [6, 6.07) is 11.3. The quantitative estimate of drug-likeness (QED) is 0.467. The summed E-state index contributed by atoms with van der Waals surface area (Å²) in [5, 5.41) is 3.58. The normalized spacial score (nSPS) is 11.8. The fraction of sp³-hybridized carbons (Fsp3) is 0.167. The number of benzene rings is 2. The summed E-state index contributed by atoms with van der Waals surface area (Å²) >= 11 is 3.25. The van der Waals surface area contributed by atoms with Gasteiger partial charge >= 0.3 is 0 Å². The summed E-state index contributed by atoms with van der Waals surface area (Å²) in [5.41, 5.74) is 0.189. The summed E-state index contributed by atoms with van der Waals surface area (Å²) in [7, 11) is -7.88. The molecular weight excluding hydrogens is 498 g/mol. The number of hydrogen-bond acceptors (Lipinski definition) is 7. The third-order valence-corrected chi connectivity index (χ3v) is 7.05. The summed E-state index contributed by atoms with van der Waals surface area (Å²) in [5.74, 6) is 0.714. The number of aryl methyl sites for hydroxylation is 1. The van der Waals surface area contributed by atoms with Crippen LogP contribution >= 0.6 is 15.9 Å². The molecular formula is C18H18BrN3O6S2. The van der Waals surface area contributed by atoms with Gasteiger partial charge in [-0.3, -0.25) is 9.44 Å². The SMILES string of the molecule is CCOc1ccc(Br)cc1S(=O)(=O)Nc1ccc(S(=O)(=O)Nc2cc(C)on2)cc1. The smallest absolute Gasteiger partial charge is 0.265 e. The van der Waals surface area contributed by atoms with Crippen molar-refractivity contribution in [3.63, 3.8) is 0 Å². The van der Waals surface area contributed by atoms with Crippen molar-refractivity contribution in [2.75, 3.05) is 16.1 Å². The highest BCUT2D eigenvalue weighted by Gasteiger charge is 2.21. The average molecular weight is 516 g/mol. The molecule has 0 amide bonds. The number of aromatic nitrogens is 1. The number of anilines is 2. The minimum absolute atomic E-state index is 0.0431. The summed E-state index contributed by atoms with van der Waals surface area (Å²) < 4.78 is 66.0. The van der Waals surface area contributed by atoms with Crippen molar-refractivity contribution >= 4 is 47.5 Å². The first-order valence-corrected chi connectivity index (χ1v) is 12.4. The number of sulfonamides is 2. The van der Waals surface area contributed by atoms with Gasteiger partial charge in [-0.2, -0.15) is 0 Å². The van der Waals surface area contributed by atoms with Gasteiger partial charge in [-0.1, -0.05) is 21.1 Å². The number of ether oxygens (including phenoxy) is 1. The second kappa shape index (κ2) is 8.66. The Morgan fingerprint density at radius 1 is 1.00 bits per heavy atom. The van der Waals surface area contributed by atoms with Crippen molar-refractivity contribution in [3.8, 4) is 5.75 Å². The lowest BCUT2D eigenvalue weighted by molar-refractivity contribution is 0.331. The Balaban J connectivity index is 1.82. The van der Waals surface area contributed by atoms with Crippen molar-refractivity contribution in [2.24, 2.45) is 0 Å². The Kier molecular flexibility index (Phi) is 6.38. The van der Waals surface area contributed by atoms with Crippen LogP contribution < -0.4 is 14.2 Å². The van der Waals surface area contributed by atoms with E-state index in [1.807, 2.05) is 0 Å². The van der Waals surface area contributed by atoms with Gasteiger partial charge in [-0.15, -0.1) is 0 Å². The lowest BCUT2D eigenvalue weighted by atomic mass is 10.3. The van der Waals surface area contributed by atoms with Gasteiger partial charge in [-0.25, -0.2) is 16.8 Å². The molecule has 1 aromatic heterocycles. The summed E-state index contributed by atoms with van der Waals surface area (Å²) in [6.45, 7) is 3.68. The molecule has 30 heavy (non-hydrogen) atoms. The molecule has 0 radical (unpaired) electrons. The molecule has 0 aliphatic carbocycles. The molecule has 3 aromatic rings. The van der Waals surface area contributed by atoms with Crippen molar-refractivity contribution < 1.29 is 26.1 Å². The maximum Gasteiger partial charge on any atom is 0.265 e. The average Bonchev–Trinajstić information content (AvgIpc) is 3.07. The molecule has 3 rings (SSSR count). The number of rotatable bonds is 8. The topological polar surface area (TPSA) is 128 Å². The fourth-order valence-electron chi connectivity index (χ4n) is 2.49. The number of halogens is 1. The van der Waals surface area contributed by atoms with E-state index in [0.29, 0.717) is 16.8 Å². The van der Waals surface area contributed by atoms with Crippen LogP contribution in [0.5, 0.6) is 5.75 Å². The maximum absolute atomic E-state index is 12.8. The van der Waals surface area contributed by atoms with E-state index in [4.69, 9.17) is 9.26 Å². The fourth-order valence-corrected chi connectivity index (χ4v) is 5.22. The molecule has 9 nitrogen and oxygen atoms in total. The van der Waals surface area contributed by atoms with Gasteiger partial charge in [0, 0.05) is 16.2 Å². The molecule has 2 aromatic carbocycles. The van der Waals surface area contributed by atoms with Gasteiger partial charge in [0.25, 0.3) is 20.0 Å². The van der Waals surface area contributed by atoms with Gasteiger partial charge in [0.05, 0.1) is 11.5 Å². The number of hydrogen-bond donors (Lipinski definition) is 2. The van der Waals surface area contributed by atoms with E-state index in [0.717, 1.165) is 0 Å². The highest BCUT2D eigenvalue weighted by molar-refractivity contribution is 9.10. The second-order valence-corrected chi connectivity index (χ2v) is 10.3. The third-order valence-electron chi connectivity index (χ3n) is 3.78. The molecule has 0 unspecified atom stereocenters. The lowest BCUT2D eigenvalue weighted by Crippen LogP contribution is -2.15. The Bertz CT molecular complexity index is 1260. The molecule has 2 N–H and O–H groups in total. The lowest BCUT2D eigenvalue weighted by Gasteiger charge is -2.13. The van der Waals surface area contributed by atoms with Crippen molar-refractivity contribution in [1.82, 2.24) is 5.16 Å². The van der Waals surface area contributed by atoms with Crippen molar-refractivity contribution in [3.05, 3.63) is 58.8 Å². The zero-order valence-corrected chi connectivity index (χ0v) is 19.1. The van der Waals surface area contributed by atoms with E-state index < -0.39 is 20.0 Å². The zero-order chi connectivity index (χ0) is 21.9. The first-order valence-electron chi connectivity index (χ1n) is 8.62. The summed E-state index contributed by atoms with van der Waals surface area (Å²) in [6.07, 6.45) is 0. The summed E-state index contributed by atoms with van der Waals surface area (Å²) in [4.78, 5) is -0.109. The molecule has 12 heteroatoms. The molecule has 0 spiro atoms. The number of nitrogens with one attached hydrogen (secondary N) is 2. The van der Waals surface area contributed by atoms with Gasteiger partial charge < -0.3 is 9.26 Å². The molecule has 1 heterocycles.